The molecule has 7 heteroatoms. The third-order valence-corrected chi connectivity index (χ3v) is 7.69. The number of thiophene rings is 1. The number of hydrogen-bond donors (Lipinski definition) is 0. The summed E-state index contributed by atoms with van der Waals surface area (Å²) in [6.07, 6.45) is 1.37. The van der Waals surface area contributed by atoms with E-state index in [1.165, 1.54) is 0 Å². The zero-order chi connectivity index (χ0) is 22.3. The molecule has 2 atom stereocenters. The van der Waals surface area contributed by atoms with Gasteiger partial charge in [0.1, 0.15) is 0 Å². The first-order chi connectivity index (χ1) is 15.5. The van der Waals surface area contributed by atoms with Gasteiger partial charge in [-0.3, -0.25) is 9.59 Å². The first kappa shape index (κ1) is 21.6. The van der Waals surface area contributed by atoms with Gasteiger partial charge in [-0.05, 0) is 29.0 Å². The number of benzene rings is 1. The van der Waals surface area contributed by atoms with Crippen molar-refractivity contribution in [2.45, 2.75) is 44.4 Å². The molecular formula is C25H30N2O4S. The number of ether oxygens (including phenoxy) is 2. The standard InChI is InChI=1S/C25H30N2O4S/c1-17(2)16-27-22(20-8-5-15-32-20)21(18-6-3-4-7-19(18)23(27)28)24(29)26-11-9-25(10-12-26)30-13-14-31-25/h3-8,15,17,21-22H,9-14,16H2,1-2H3/t21-,22-/m0/s1. The van der Waals surface area contributed by atoms with Crippen molar-refractivity contribution in [1.82, 2.24) is 9.80 Å². The maximum absolute atomic E-state index is 14.1. The quantitative estimate of drug-likeness (QED) is 0.699. The summed E-state index contributed by atoms with van der Waals surface area (Å²) in [7, 11) is 0. The number of rotatable bonds is 4. The van der Waals surface area contributed by atoms with Crippen molar-refractivity contribution >= 4 is 23.2 Å². The van der Waals surface area contributed by atoms with Gasteiger partial charge in [0, 0.05) is 42.9 Å². The van der Waals surface area contributed by atoms with Crippen molar-refractivity contribution in [3.8, 4) is 0 Å². The first-order valence-corrected chi connectivity index (χ1v) is 12.4. The Labute approximate surface area is 193 Å². The van der Waals surface area contributed by atoms with E-state index in [2.05, 4.69) is 19.9 Å². The maximum Gasteiger partial charge on any atom is 0.254 e. The number of amides is 2. The number of carbonyl (C=O) groups is 2. The Morgan fingerprint density at radius 1 is 1.12 bits per heavy atom. The fourth-order valence-electron chi connectivity index (χ4n) is 5.28. The molecule has 32 heavy (non-hydrogen) atoms. The Hall–Kier alpha value is -2.22. The smallest absolute Gasteiger partial charge is 0.254 e. The third-order valence-electron chi connectivity index (χ3n) is 6.75. The van der Waals surface area contributed by atoms with Crippen LogP contribution in [0.25, 0.3) is 0 Å². The minimum absolute atomic E-state index is 0.0158. The molecule has 0 saturated carbocycles. The van der Waals surface area contributed by atoms with Gasteiger partial charge in [-0.2, -0.15) is 0 Å². The summed E-state index contributed by atoms with van der Waals surface area (Å²) in [5.74, 6) is -0.532. The monoisotopic (exact) mass is 454 g/mol. The van der Waals surface area contributed by atoms with Gasteiger partial charge in [-0.15, -0.1) is 11.3 Å². The molecule has 2 saturated heterocycles. The van der Waals surface area contributed by atoms with Crippen LogP contribution in [0.1, 0.15) is 59.4 Å². The molecule has 0 bridgehead atoms. The summed E-state index contributed by atoms with van der Waals surface area (Å²) in [6.45, 7) is 7.29. The van der Waals surface area contributed by atoms with E-state index in [-0.39, 0.29) is 17.9 Å². The molecule has 6 nitrogen and oxygen atoms in total. The minimum Gasteiger partial charge on any atom is -0.347 e. The lowest BCUT2D eigenvalue weighted by molar-refractivity contribution is -0.188. The summed E-state index contributed by atoms with van der Waals surface area (Å²) in [4.78, 5) is 32.5. The van der Waals surface area contributed by atoms with Crippen LogP contribution < -0.4 is 0 Å². The Morgan fingerprint density at radius 3 is 2.50 bits per heavy atom. The molecule has 0 aliphatic carbocycles. The molecule has 1 spiro atoms. The molecule has 0 unspecified atom stereocenters. The van der Waals surface area contributed by atoms with E-state index in [4.69, 9.17) is 9.47 Å². The van der Waals surface area contributed by atoms with Crippen molar-refractivity contribution in [3.63, 3.8) is 0 Å². The Balaban J connectivity index is 1.52. The maximum atomic E-state index is 14.1. The predicted molar refractivity (Wildman–Crippen MR) is 123 cm³/mol. The van der Waals surface area contributed by atoms with Crippen LogP contribution in [0.15, 0.2) is 41.8 Å². The van der Waals surface area contributed by atoms with Crippen LogP contribution in [0.3, 0.4) is 0 Å². The normalized spacial score (nSPS) is 24.9. The summed E-state index contributed by atoms with van der Waals surface area (Å²) < 4.78 is 11.7. The molecule has 5 rings (SSSR count). The van der Waals surface area contributed by atoms with Crippen molar-refractivity contribution in [1.29, 1.82) is 0 Å². The molecule has 2 aromatic rings. The minimum atomic E-state index is -0.520. The lowest BCUT2D eigenvalue weighted by Crippen LogP contribution is -2.52. The van der Waals surface area contributed by atoms with Crippen molar-refractivity contribution in [3.05, 3.63) is 57.8 Å². The van der Waals surface area contributed by atoms with E-state index in [9.17, 15) is 9.59 Å². The Kier molecular flexibility index (Phi) is 5.82. The van der Waals surface area contributed by atoms with Crippen LogP contribution in [0, 0.1) is 5.92 Å². The molecule has 2 amide bonds. The van der Waals surface area contributed by atoms with E-state index >= 15 is 0 Å². The van der Waals surface area contributed by atoms with Crippen molar-refractivity contribution in [2.24, 2.45) is 5.92 Å². The second-order valence-electron chi connectivity index (χ2n) is 9.31. The highest BCUT2D eigenvalue weighted by Crippen LogP contribution is 2.46. The fraction of sp³-hybridized carbons (Fsp3) is 0.520. The average molecular weight is 455 g/mol. The van der Waals surface area contributed by atoms with E-state index in [0.29, 0.717) is 57.2 Å². The average Bonchev–Trinajstić information content (AvgIpc) is 3.48. The van der Waals surface area contributed by atoms with Crippen LogP contribution >= 0.6 is 11.3 Å². The first-order valence-electron chi connectivity index (χ1n) is 11.5. The number of carbonyl (C=O) groups excluding carboxylic acids is 2. The van der Waals surface area contributed by atoms with Crippen LogP contribution in [0.4, 0.5) is 0 Å². The summed E-state index contributed by atoms with van der Waals surface area (Å²) in [6, 6.07) is 11.4. The number of likely N-dealkylation sites (tertiary alicyclic amines) is 1. The Morgan fingerprint density at radius 2 is 1.84 bits per heavy atom. The molecule has 170 valence electrons. The summed E-state index contributed by atoms with van der Waals surface area (Å²) >= 11 is 1.62. The van der Waals surface area contributed by atoms with Gasteiger partial charge in [0.05, 0.1) is 25.2 Å². The number of piperidine rings is 1. The highest BCUT2D eigenvalue weighted by atomic mass is 32.1. The second-order valence-corrected chi connectivity index (χ2v) is 10.3. The van der Waals surface area contributed by atoms with E-state index in [0.717, 1.165) is 10.4 Å². The zero-order valence-electron chi connectivity index (χ0n) is 18.7. The van der Waals surface area contributed by atoms with Gasteiger partial charge in [0.15, 0.2) is 5.79 Å². The molecule has 3 aliphatic rings. The number of hydrogen-bond acceptors (Lipinski definition) is 5. The lowest BCUT2D eigenvalue weighted by Gasteiger charge is -2.45. The molecule has 0 radical (unpaired) electrons. The molecule has 3 aliphatic heterocycles. The largest absolute Gasteiger partial charge is 0.347 e. The third kappa shape index (κ3) is 3.76. The number of nitrogens with zero attached hydrogens (tertiary/aromatic N) is 2. The van der Waals surface area contributed by atoms with Crippen LogP contribution in [-0.4, -0.2) is 60.2 Å². The van der Waals surface area contributed by atoms with Gasteiger partial charge in [-0.1, -0.05) is 38.1 Å². The second kappa shape index (κ2) is 8.61. The van der Waals surface area contributed by atoms with Gasteiger partial charge in [0.25, 0.3) is 5.91 Å². The van der Waals surface area contributed by atoms with Crippen molar-refractivity contribution < 1.29 is 19.1 Å². The summed E-state index contributed by atoms with van der Waals surface area (Å²) in [5, 5.41) is 2.02. The van der Waals surface area contributed by atoms with E-state index in [1.807, 2.05) is 45.5 Å². The van der Waals surface area contributed by atoms with Gasteiger partial charge >= 0.3 is 0 Å². The van der Waals surface area contributed by atoms with E-state index in [1.54, 1.807) is 11.3 Å². The van der Waals surface area contributed by atoms with Crippen LogP contribution in [0.2, 0.25) is 0 Å². The predicted octanol–water partition coefficient (Wildman–Crippen LogP) is 4.05. The molecular weight excluding hydrogens is 424 g/mol. The Bertz CT molecular complexity index is 974. The highest BCUT2D eigenvalue weighted by Gasteiger charge is 2.48. The van der Waals surface area contributed by atoms with Crippen LogP contribution in [0.5, 0.6) is 0 Å². The van der Waals surface area contributed by atoms with Crippen molar-refractivity contribution in [2.75, 3.05) is 32.8 Å². The van der Waals surface area contributed by atoms with Gasteiger partial charge in [-0.25, -0.2) is 0 Å². The molecule has 2 fully saturated rings. The molecule has 1 aromatic carbocycles. The molecule has 4 heterocycles. The molecule has 0 N–H and O–H groups in total. The van der Waals surface area contributed by atoms with E-state index < -0.39 is 11.7 Å². The molecule has 1 aromatic heterocycles. The lowest BCUT2D eigenvalue weighted by atomic mass is 9.80. The summed E-state index contributed by atoms with van der Waals surface area (Å²) in [5.41, 5.74) is 1.49. The topological polar surface area (TPSA) is 59.1 Å². The highest BCUT2D eigenvalue weighted by molar-refractivity contribution is 7.10. The fourth-order valence-corrected chi connectivity index (χ4v) is 6.15. The SMILES string of the molecule is CC(C)CN1C(=O)c2ccccc2[C@H](C(=O)N2CCC3(CC2)OCCO3)[C@@H]1c1cccs1. The van der Waals surface area contributed by atoms with Gasteiger partial charge in [0.2, 0.25) is 5.91 Å². The zero-order valence-corrected chi connectivity index (χ0v) is 19.5. The van der Waals surface area contributed by atoms with Gasteiger partial charge < -0.3 is 19.3 Å². The number of fused-ring (bicyclic) bond motifs is 1. The van der Waals surface area contributed by atoms with Crippen LogP contribution in [-0.2, 0) is 14.3 Å².